The molecule has 19 heavy (non-hydrogen) atoms. The average molecular weight is 304 g/mol. The van der Waals surface area contributed by atoms with Crippen LogP contribution in [0.1, 0.15) is 13.3 Å². The van der Waals surface area contributed by atoms with Gasteiger partial charge in [0.1, 0.15) is 0 Å². The van der Waals surface area contributed by atoms with Crippen molar-refractivity contribution in [3.8, 4) is 0 Å². The van der Waals surface area contributed by atoms with Gasteiger partial charge in [-0.05, 0) is 31.2 Å². The molecule has 0 aliphatic rings. The normalized spacial score (nSPS) is 10.8. The maximum absolute atomic E-state index is 11.9. The molecule has 1 amide bonds. The molecular weight excluding hydrogens is 285 g/mol. The van der Waals surface area contributed by atoms with Gasteiger partial charge in [0.15, 0.2) is 0 Å². The van der Waals surface area contributed by atoms with Crippen molar-refractivity contribution in [3.05, 3.63) is 28.2 Å². The van der Waals surface area contributed by atoms with E-state index in [1.54, 1.807) is 18.2 Å². The van der Waals surface area contributed by atoms with E-state index in [9.17, 15) is 4.79 Å². The third-order valence-corrected chi connectivity index (χ3v) is 3.11. The van der Waals surface area contributed by atoms with E-state index >= 15 is 0 Å². The summed E-state index contributed by atoms with van der Waals surface area (Å²) in [7, 11) is 0. The summed E-state index contributed by atoms with van der Waals surface area (Å²) in [6.45, 7) is 4.46. The molecule has 0 fully saturated rings. The number of amides is 1. The number of nitrogens with zero attached hydrogens (tertiary/aromatic N) is 1. The van der Waals surface area contributed by atoms with E-state index < -0.39 is 0 Å². The smallest absolute Gasteiger partial charge is 0.238 e. The molecule has 0 atom stereocenters. The quantitative estimate of drug-likeness (QED) is 0.814. The summed E-state index contributed by atoms with van der Waals surface area (Å²) in [5.74, 6) is -0.105. The van der Waals surface area contributed by atoms with Crippen LogP contribution in [0.4, 0.5) is 5.69 Å². The second-order valence-corrected chi connectivity index (χ2v) is 5.08. The lowest BCUT2D eigenvalue weighted by Gasteiger charge is -2.20. The fourth-order valence-electron chi connectivity index (χ4n) is 1.75. The third-order valence-electron chi connectivity index (χ3n) is 2.56. The minimum atomic E-state index is -0.105. The Morgan fingerprint density at radius 1 is 1.37 bits per heavy atom. The molecule has 1 aromatic carbocycles. The first-order valence-electron chi connectivity index (χ1n) is 6.24. The molecule has 0 aliphatic carbocycles. The van der Waals surface area contributed by atoms with Crippen LogP contribution in [0, 0.1) is 0 Å². The van der Waals surface area contributed by atoms with Gasteiger partial charge in [-0.2, -0.15) is 0 Å². The molecule has 0 unspecified atom stereocenters. The first-order valence-corrected chi connectivity index (χ1v) is 6.99. The van der Waals surface area contributed by atoms with Crippen LogP contribution >= 0.6 is 23.2 Å². The summed E-state index contributed by atoms with van der Waals surface area (Å²) < 4.78 is 0. The first kappa shape index (κ1) is 16.2. The lowest BCUT2D eigenvalue weighted by Crippen LogP contribution is -2.37. The van der Waals surface area contributed by atoms with Gasteiger partial charge < -0.3 is 11.1 Å². The highest BCUT2D eigenvalue weighted by molar-refractivity contribution is 6.36. The van der Waals surface area contributed by atoms with Gasteiger partial charge >= 0.3 is 0 Å². The van der Waals surface area contributed by atoms with Crippen LogP contribution in [-0.2, 0) is 4.79 Å². The van der Waals surface area contributed by atoms with E-state index in [1.807, 2.05) is 4.90 Å². The molecule has 0 heterocycles. The summed E-state index contributed by atoms with van der Waals surface area (Å²) in [4.78, 5) is 13.9. The fourth-order valence-corrected chi connectivity index (χ4v) is 2.21. The molecule has 0 aliphatic heterocycles. The van der Waals surface area contributed by atoms with Crippen LogP contribution in [0.5, 0.6) is 0 Å². The van der Waals surface area contributed by atoms with Crippen LogP contribution < -0.4 is 11.1 Å². The Labute approximate surface area is 123 Å². The van der Waals surface area contributed by atoms with Gasteiger partial charge in [-0.3, -0.25) is 9.69 Å². The number of nitrogens with two attached hydrogens (primary N) is 1. The van der Waals surface area contributed by atoms with Crippen molar-refractivity contribution in [2.24, 2.45) is 5.73 Å². The highest BCUT2D eigenvalue weighted by Crippen LogP contribution is 2.25. The Hall–Kier alpha value is -0.810. The van der Waals surface area contributed by atoms with Gasteiger partial charge in [0.2, 0.25) is 5.91 Å². The minimum absolute atomic E-state index is 0.105. The summed E-state index contributed by atoms with van der Waals surface area (Å²) >= 11 is 11.8. The van der Waals surface area contributed by atoms with Gasteiger partial charge in [-0.15, -0.1) is 0 Å². The van der Waals surface area contributed by atoms with Crippen molar-refractivity contribution in [3.63, 3.8) is 0 Å². The molecule has 1 rings (SSSR count). The minimum Gasteiger partial charge on any atom is -0.329 e. The summed E-state index contributed by atoms with van der Waals surface area (Å²) in [6.07, 6.45) is 0.981. The third kappa shape index (κ3) is 5.78. The number of halogens is 2. The van der Waals surface area contributed by atoms with Gasteiger partial charge in [0, 0.05) is 18.1 Å². The largest absolute Gasteiger partial charge is 0.329 e. The molecule has 4 nitrogen and oxygen atoms in total. The Bertz CT molecular complexity index is 420. The van der Waals surface area contributed by atoms with Crippen molar-refractivity contribution >= 4 is 34.8 Å². The van der Waals surface area contributed by atoms with Crippen molar-refractivity contribution in [1.29, 1.82) is 0 Å². The second kappa shape index (κ2) is 8.38. The SMILES string of the molecule is CCCN(CCN)CC(=O)Nc1ccc(Cl)cc1Cl. The predicted octanol–water partition coefficient (Wildman–Crippen LogP) is 2.60. The van der Waals surface area contributed by atoms with E-state index in [4.69, 9.17) is 28.9 Å². The number of benzene rings is 1. The van der Waals surface area contributed by atoms with Crippen LogP contribution in [0.25, 0.3) is 0 Å². The number of hydrogen-bond acceptors (Lipinski definition) is 3. The Morgan fingerprint density at radius 2 is 2.11 bits per heavy atom. The van der Waals surface area contributed by atoms with E-state index in [-0.39, 0.29) is 5.91 Å². The van der Waals surface area contributed by atoms with Gasteiger partial charge in [-0.1, -0.05) is 30.1 Å². The second-order valence-electron chi connectivity index (χ2n) is 4.24. The maximum atomic E-state index is 11.9. The summed E-state index contributed by atoms with van der Waals surface area (Å²) in [5.41, 5.74) is 6.09. The zero-order chi connectivity index (χ0) is 14.3. The van der Waals surface area contributed by atoms with Crippen molar-refractivity contribution in [1.82, 2.24) is 4.90 Å². The van der Waals surface area contributed by atoms with E-state index in [0.717, 1.165) is 13.0 Å². The maximum Gasteiger partial charge on any atom is 0.238 e. The molecule has 0 saturated carbocycles. The van der Waals surface area contributed by atoms with Crippen LogP contribution in [0.2, 0.25) is 10.0 Å². The van der Waals surface area contributed by atoms with Crippen molar-refractivity contribution < 1.29 is 4.79 Å². The Kier molecular flexibility index (Phi) is 7.16. The highest BCUT2D eigenvalue weighted by atomic mass is 35.5. The monoisotopic (exact) mass is 303 g/mol. The molecule has 1 aromatic rings. The number of anilines is 1. The Balaban J connectivity index is 2.58. The van der Waals surface area contributed by atoms with Crippen LogP contribution in [0.3, 0.4) is 0 Å². The first-order chi connectivity index (χ1) is 9.06. The molecule has 0 saturated heterocycles. The number of nitrogens with one attached hydrogen (secondary N) is 1. The van der Waals surface area contributed by atoms with Gasteiger partial charge in [0.25, 0.3) is 0 Å². The molecule has 3 N–H and O–H groups in total. The van der Waals surface area contributed by atoms with Crippen LogP contribution in [-0.4, -0.2) is 37.0 Å². The number of hydrogen-bond donors (Lipinski definition) is 2. The number of rotatable bonds is 7. The zero-order valence-electron chi connectivity index (χ0n) is 11.0. The summed E-state index contributed by atoms with van der Waals surface area (Å²) in [5, 5.41) is 3.75. The molecule has 0 bridgehead atoms. The molecule has 106 valence electrons. The van der Waals surface area contributed by atoms with Crippen LogP contribution in [0.15, 0.2) is 18.2 Å². The standard InChI is InChI=1S/C13H19Cl2N3O/c1-2-6-18(7-5-16)9-13(19)17-12-4-3-10(14)8-11(12)15/h3-4,8H,2,5-7,9,16H2,1H3,(H,17,19). The van der Waals surface area contributed by atoms with Crippen molar-refractivity contribution in [2.45, 2.75) is 13.3 Å². The number of carbonyl (C=O) groups is 1. The van der Waals surface area contributed by atoms with E-state index in [0.29, 0.717) is 35.4 Å². The molecular formula is C13H19Cl2N3O. The molecule has 0 aromatic heterocycles. The highest BCUT2D eigenvalue weighted by Gasteiger charge is 2.11. The summed E-state index contributed by atoms with van der Waals surface area (Å²) in [6, 6.07) is 4.98. The van der Waals surface area contributed by atoms with E-state index in [2.05, 4.69) is 12.2 Å². The average Bonchev–Trinajstić information content (AvgIpc) is 2.33. The predicted molar refractivity (Wildman–Crippen MR) is 80.9 cm³/mol. The van der Waals surface area contributed by atoms with Gasteiger partial charge in [0.05, 0.1) is 17.3 Å². The molecule has 0 spiro atoms. The van der Waals surface area contributed by atoms with E-state index in [1.165, 1.54) is 0 Å². The fraction of sp³-hybridized carbons (Fsp3) is 0.462. The van der Waals surface area contributed by atoms with Gasteiger partial charge in [-0.25, -0.2) is 0 Å². The lowest BCUT2D eigenvalue weighted by atomic mass is 10.3. The zero-order valence-corrected chi connectivity index (χ0v) is 12.5. The molecule has 6 heteroatoms. The topological polar surface area (TPSA) is 58.4 Å². The van der Waals surface area contributed by atoms with Crippen molar-refractivity contribution in [2.75, 3.05) is 31.5 Å². The number of carbonyl (C=O) groups excluding carboxylic acids is 1. The molecule has 0 radical (unpaired) electrons. The lowest BCUT2D eigenvalue weighted by molar-refractivity contribution is -0.117. The Morgan fingerprint density at radius 3 is 2.68 bits per heavy atom.